The lowest BCUT2D eigenvalue weighted by Crippen LogP contribution is -2.50. The Morgan fingerprint density at radius 3 is 1.63 bits per heavy atom. The number of hydrogen-bond acceptors (Lipinski definition) is 7. The van der Waals surface area contributed by atoms with E-state index in [0.717, 1.165) is 12.1 Å². The molecule has 1 fully saturated rings. The van der Waals surface area contributed by atoms with Crippen molar-refractivity contribution in [3.8, 4) is 0 Å². The molecule has 2 N–H and O–H groups in total. The van der Waals surface area contributed by atoms with E-state index >= 15 is 0 Å². The Balaban J connectivity index is 1.79. The molecule has 0 aliphatic carbocycles. The van der Waals surface area contributed by atoms with E-state index in [1.54, 1.807) is 20.9 Å². The number of nitrogens with two attached hydrogens (primary N) is 1. The normalized spacial score (nSPS) is 17.3. The van der Waals surface area contributed by atoms with Crippen molar-refractivity contribution in [2.24, 2.45) is 12.2 Å². The molecule has 2 heterocycles. The Hall–Kier alpha value is -1.84. The molecule has 0 bridgehead atoms. The molecule has 1 aliphatic heterocycles. The van der Waals surface area contributed by atoms with Crippen molar-refractivity contribution in [3.63, 3.8) is 0 Å². The van der Waals surface area contributed by atoms with Crippen molar-refractivity contribution in [2.45, 2.75) is 28.5 Å². The second-order valence-electron chi connectivity index (χ2n) is 6.95. The second-order valence-corrected chi connectivity index (χ2v) is 12.3. The average Bonchev–Trinajstić information content (AvgIpc) is 2.93. The first-order chi connectivity index (χ1) is 13.8. The first-order valence-electron chi connectivity index (χ1n) is 8.89. The predicted octanol–water partition coefficient (Wildman–Crippen LogP) is -0.620. The van der Waals surface area contributed by atoms with Gasteiger partial charge >= 0.3 is 0 Å². The van der Waals surface area contributed by atoms with Gasteiger partial charge in [-0.15, -0.1) is 0 Å². The molecule has 0 saturated carbocycles. The Morgan fingerprint density at radius 1 is 0.800 bits per heavy atom. The lowest BCUT2D eigenvalue weighted by Gasteiger charge is -2.33. The van der Waals surface area contributed by atoms with Gasteiger partial charge in [0.1, 0.15) is 4.90 Å². The molecule has 0 radical (unpaired) electrons. The molecule has 0 atom stereocenters. The predicted molar refractivity (Wildman–Crippen MR) is 108 cm³/mol. The van der Waals surface area contributed by atoms with Crippen LogP contribution in [0.4, 0.5) is 0 Å². The molecule has 11 nitrogen and oxygen atoms in total. The summed E-state index contributed by atoms with van der Waals surface area (Å²) in [6, 6.07) is 4.58. The number of aryl methyl sites for hydroxylation is 2. The van der Waals surface area contributed by atoms with Gasteiger partial charge in [-0.25, -0.2) is 30.4 Å². The molecule has 2 aromatic rings. The molecule has 166 valence electrons. The van der Waals surface area contributed by atoms with Gasteiger partial charge in [-0.1, -0.05) is 0 Å². The zero-order valence-electron chi connectivity index (χ0n) is 16.7. The van der Waals surface area contributed by atoms with Crippen molar-refractivity contribution < 1.29 is 25.3 Å². The largest absolute Gasteiger partial charge is 0.271 e. The number of piperazine rings is 1. The van der Waals surface area contributed by atoms with Gasteiger partial charge in [0.2, 0.25) is 30.1 Å². The first-order valence-corrected chi connectivity index (χ1v) is 13.3. The molecule has 0 unspecified atom stereocenters. The maximum Gasteiger partial charge on any atom is 0.246 e. The van der Waals surface area contributed by atoms with Crippen LogP contribution in [-0.2, 0) is 37.1 Å². The standard InChI is InChI=1S/C16H23N5O6S3/c1-12-16(13(2)19(3)18-12)30(26,27)21-10-8-20(9-11-21)29(24,25)15-6-4-14(5-7-15)28(17,22)23/h4-7H,8-11H2,1-3H3,(H2,17,22,23). The Kier molecular flexibility index (Phi) is 5.85. The quantitative estimate of drug-likeness (QED) is 0.602. The van der Waals surface area contributed by atoms with Crippen LogP contribution in [0.2, 0.25) is 0 Å². The van der Waals surface area contributed by atoms with Gasteiger partial charge in [0.25, 0.3) is 0 Å². The number of rotatable bonds is 5. The molecular weight excluding hydrogens is 454 g/mol. The van der Waals surface area contributed by atoms with Crippen molar-refractivity contribution in [3.05, 3.63) is 35.7 Å². The summed E-state index contributed by atoms with van der Waals surface area (Å²) >= 11 is 0. The smallest absolute Gasteiger partial charge is 0.246 e. The first kappa shape index (κ1) is 22.8. The van der Waals surface area contributed by atoms with Crippen LogP contribution in [-0.4, -0.2) is 69.8 Å². The highest BCUT2D eigenvalue weighted by atomic mass is 32.2. The van der Waals surface area contributed by atoms with Crippen LogP contribution in [0.25, 0.3) is 0 Å². The van der Waals surface area contributed by atoms with Gasteiger partial charge in [0, 0.05) is 33.2 Å². The van der Waals surface area contributed by atoms with E-state index < -0.39 is 30.1 Å². The van der Waals surface area contributed by atoms with E-state index in [1.807, 2.05) is 0 Å². The fraction of sp³-hybridized carbons (Fsp3) is 0.438. The number of aromatic nitrogens is 2. The minimum atomic E-state index is -3.93. The van der Waals surface area contributed by atoms with Crippen LogP contribution in [0.1, 0.15) is 11.4 Å². The highest BCUT2D eigenvalue weighted by Gasteiger charge is 2.36. The van der Waals surface area contributed by atoms with Crippen LogP contribution >= 0.6 is 0 Å². The van der Waals surface area contributed by atoms with Crippen molar-refractivity contribution in [1.29, 1.82) is 0 Å². The van der Waals surface area contributed by atoms with Gasteiger partial charge < -0.3 is 0 Å². The Morgan fingerprint density at radius 2 is 1.23 bits per heavy atom. The highest BCUT2D eigenvalue weighted by Crippen LogP contribution is 2.26. The molecule has 3 rings (SSSR count). The third-order valence-electron chi connectivity index (χ3n) is 5.03. The summed E-state index contributed by atoms with van der Waals surface area (Å²) in [5.74, 6) is 0. The zero-order valence-corrected chi connectivity index (χ0v) is 19.1. The Labute approximate surface area is 176 Å². The van der Waals surface area contributed by atoms with Crippen molar-refractivity contribution in [1.82, 2.24) is 18.4 Å². The second kappa shape index (κ2) is 7.69. The fourth-order valence-electron chi connectivity index (χ4n) is 3.36. The summed E-state index contributed by atoms with van der Waals surface area (Å²) in [5, 5.41) is 9.17. The molecule has 0 spiro atoms. The molecule has 1 aromatic heterocycles. The molecular formula is C16H23N5O6S3. The molecule has 0 amide bonds. The third kappa shape index (κ3) is 4.02. The molecule has 1 aromatic carbocycles. The van der Waals surface area contributed by atoms with Crippen LogP contribution in [0.15, 0.2) is 39.0 Å². The minimum absolute atomic E-state index is 0.00932. The van der Waals surface area contributed by atoms with Gasteiger partial charge in [0.05, 0.1) is 21.2 Å². The van der Waals surface area contributed by atoms with Gasteiger partial charge in [-0.05, 0) is 38.1 Å². The number of hydrogen-bond donors (Lipinski definition) is 1. The maximum absolute atomic E-state index is 13.0. The van der Waals surface area contributed by atoms with Crippen molar-refractivity contribution >= 4 is 30.1 Å². The Bertz CT molecular complexity index is 1270. The minimum Gasteiger partial charge on any atom is -0.271 e. The van der Waals surface area contributed by atoms with E-state index in [2.05, 4.69) is 5.10 Å². The molecule has 1 saturated heterocycles. The van der Waals surface area contributed by atoms with Crippen LogP contribution < -0.4 is 5.14 Å². The van der Waals surface area contributed by atoms with Gasteiger partial charge in [0.15, 0.2) is 0 Å². The lowest BCUT2D eigenvalue weighted by atomic mass is 10.4. The summed E-state index contributed by atoms with van der Waals surface area (Å²) < 4.78 is 78.4. The number of benzene rings is 1. The van der Waals surface area contributed by atoms with Crippen molar-refractivity contribution in [2.75, 3.05) is 26.2 Å². The van der Waals surface area contributed by atoms with E-state index in [1.165, 1.54) is 25.4 Å². The third-order valence-corrected chi connectivity index (χ3v) is 10.0. The van der Waals surface area contributed by atoms with Gasteiger partial charge in [-0.2, -0.15) is 13.7 Å². The van der Waals surface area contributed by atoms with E-state index in [4.69, 9.17) is 5.14 Å². The summed E-state index contributed by atoms with van der Waals surface area (Å²) in [7, 11) is -9.99. The van der Waals surface area contributed by atoms with E-state index in [9.17, 15) is 25.3 Å². The van der Waals surface area contributed by atoms with Gasteiger partial charge in [-0.3, -0.25) is 4.68 Å². The summed E-state index contributed by atoms with van der Waals surface area (Å²) in [5.41, 5.74) is 0.900. The lowest BCUT2D eigenvalue weighted by molar-refractivity contribution is 0.272. The number of nitrogens with zero attached hydrogens (tertiary/aromatic N) is 4. The van der Waals surface area contributed by atoms with E-state index in [0.29, 0.717) is 11.4 Å². The highest BCUT2D eigenvalue weighted by molar-refractivity contribution is 7.90. The summed E-state index contributed by atoms with van der Waals surface area (Å²) in [4.78, 5) is -0.149. The molecule has 1 aliphatic rings. The van der Waals surface area contributed by atoms with Crippen LogP contribution in [0, 0.1) is 13.8 Å². The summed E-state index contributed by atoms with van der Waals surface area (Å²) in [6.07, 6.45) is 0. The summed E-state index contributed by atoms with van der Waals surface area (Å²) in [6.45, 7) is 3.20. The van der Waals surface area contributed by atoms with E-state index in [-0.39, 0.29) is 40.9 Å². The van der Waals surface area contributed by atoms with Crippen LogP contribution in [0.5, 0.6) is 0 Å². The zero-order chi connectivity index (χ0) is 22.5. The SMILES string of the molecule is Cc1nn(C)c(C)c1S(=O)(=O)N1CCN(S(=O)(=O)c2ccc(S(N)(=O)=O)cc2)CC1. The van der Waals surface area contributed by atoms with Crippen LogP contribution in [0.3, 0.4) is 0 Å². The number of sulfonamides is 3. The monoisotopic (exact) mass is 477 g/mol. The molecule has 14 heteroatoms. The number of primary sulfonamides is 1. The fourth-order valence-corrected chi connectivity index (χ4v) is 7.12. The molecule has 30 heavy (non-hydrogen) atoms. The average molecular weight is 478 g/mol. The topological polar surface area (TPSA) is 153 Å². The maximum atomic E-state index is 13.0.